The van der Waals surface area contributed by atoms with Gasteiger partial charge in [0, 0.05) is 0 Å². The zero-order valence-electron chi connectivity index (χ0n) is 10.3. The number of benzene rings is 1. The first-order valence-electron chi connectivity index (χ1n) is 5.79. The molecule has 7 heteroatoms. The summed E-state index contributed by atoms with van der Waals surface area (Å²) in [6.07, 6.45) is 1.55. The van der Waals surface area contributed by atoms with E-state index in [0.29, 0.717) is 5.69 Å². The van der Waals surface area contributed by atoms with Crippen LogP contribution in [0.25, 0.3) is 5.69 Å². The molecule has 1 aromatic carbocycles. The van der Waals surface area contributed by atoms with Crippen molar-refractivity contribution < 1.29 is 4.74 Å². The third kappa shape index (κ3) is 2.55. The van der Waals surface area contributed by atoms with Crippen LogP contribution in [0.5, 0.6) is 11.9 Å². The maximum atomic E-state index is 5.79. The Labute approximate surface area is 119 Å². The SMILES string of the molecule is Nc1ccc(Cl)nc1Oc1ncn(-c2ccccc2)n1. The second kappa shape index (κ2) is 5.18. The minimum absolute atomic E-state index is 0.148. The van der Waals surface area contributed by atoms with E-state index in [4.69, 9.17) is 22.1 Å². The van der Waals surface area contributed by atoms with Crippen molar-refractivity contribution in [2.24, 2.45) is 0 Å². The van der Waals surface area contributed by atoms with Crippen molar-refractivity contribution in [2.75, 3.05) is 5.73 Å². The number of nitrogens with zero attached hydrogens (tertiary/aromatic N) is 4. The number of aromatic nitrogens is 4. The Morgan fingerprint density at radius 2 is 1.90 bits per heavy atom. The molecular formula is C13H10ClN5O. The van der Waals surface area contributed by atoms with Crippen molar-refractivity contribution in [1.29, 1.82) is 0 Å². The van der Waals surface area contributed by atoms with E-state index in [9.17, 15) is 0 Å². The van der Waals surface area contributed by atoms with E-state index in [2.05, 4.69) is 15.1 Å². The van der Waals surface area contributed by atoms with Crippen LogP contribution >= 0.6 is 11.6 Å². The van der Waals surface area contributed by atoms with Crippen LogP contribution in [0.2, 0.25) is 5.15 Å². The molecule has 0 amide bonds. The first-order valence-corrected chi connectivity index (χ1v) is 6.17. The summed E-state index contributed by atoms with van der Waals surface area (Å²) in [6, 6.07) is 12.9. The summed E-state index contributed by atoms with van der Waals surface area (Å²) in [5, 5.41) is 4.48. The van der Waals surface area contributed by atoms with E-state index in [1.54, 1.807) is 23.1 Å². The molecule has 6 nitrogen and oxygen atoms in total. The van der Waals surface area contributed by atoms with Crippen molar-refractivity contribution in [1.82, 2.24) is 19.7 Å². The Morgan fingerprint density at radius 1 is 1.10 bits per heavy atom. The normalized spacial score (nSPS) is 10.4. The molecule has 0 aliphatic rings. The van der Waals surface area contributed by atoms with Crippen LogP contribution in [0.1, 0.15) is 0 Å². The molecule has 0 fully saturated rings. The largest absolute Gasteiger partial charge is 0.402 e. The molecule has 0 aliphatic heterocycles. The number of para-hydroxylation sites is 1. The summed E-state index contributed by atoms with van der Waals surface area (Å²) in [6.45, 7) is 0. The van der Waals surface area contributed by atoms with E-state index in [1.165, 1.54) is 0 Å². The van der Waals surface area contributed by atoms with E-state index in [0.717, 1.165) is 5.69 Å². The molecule has 2 N–H and O–H groups in total. The van der Waals surface area contributed by atoms with E-state index < -0.39 is 0 Å². The van der Waals surface area contributed by atoms with Gasteiger partial charge in [0.2, 0.25) is 5.88 Å². The van der Waals surface area contributed by atoms with Gasteiger partial charge in [0.15, 0.2) is 0 Å². The fourth-order valence-electron chi connectivity index (χ4n) is 1.60. The standard InChI is InChI=1S/C13H10ClN5O/c14-11-7-6-10(15)12(17-11)20-13-16-8-19(18-13)9-4-2-1-3-5-9/h1-8H,15H2. The maximum absolute atomic E-state index is 5.79. The highest BCUT2D eigenvalue weighted by Crippen LogP contribution is 2.24. The second-order valence-corrected chi connectivity index (χ2v) is 4.32. The molecule has 0 unspecified atom stereocenters. The lowest BCUT2D eigenvalue weighted by Crippen LogP contribution is -1.98. The second-order valence-electron chi connectivity index (χ2n) is 3.94. The Hall–Kier alpha value is -2.60. The Bertz CT molecular complexity index is 729. The van der Waals surface area contributed by atoms with Crippen LogP contribution in [0.15, 0.2) is 48.8 Å². The number of pyridine rings is 1. The van der Waals surface area contributed by atoms with E-state index in [1.807, 2.05) is 30.3 Å². The van der Waals surface area contributed by atoms with Gasteiger partial charge < -0.3 is 10.5 Å². The molecule has 0 saturated carbocycles. The molecule has 3 aromatic rings. The van der Waals surface area contributed by atoms with Crippen LogP contribution in [0, 0.1) is 0 Å². The third-order valence-corrected chi connectivity index (χ3v) is 2.75. The fourth-order valence-corrected chi connectivity index (χ4v) is 1.74. The summed E-state index contributed by atoms with van der Waals surface area (Å²) in [4.78, 5) is 8.03. The number of hydrogen-bond acceptors (Lipinski definition) is 5. The Morgan fingerprint density at radius 3 is 2.70 bits per heavy atom. The van der Waals surface area contributed by atoms with Crippen molar-refractivity contribution >= 4 is 17.3 Å². The molecule has 0 radical (unpaired) electrons. The van der Waals surface area contributed by atoms with Crippen LogP contribution < -0.4 is 10.5 Å². The fraction of sp³-hybridized carbons (Fsp3) is 0. The number of ether oxygens (including phenoxy) is 1. The van der Waals surface area contributed by atoms with Crippen molar-refractivity contribution in [3.8, 4) is 17.6 Å². The monoisotopic (exact) mass is 287 g/mol. The number of nitrogens with two attached hydrogens (primary N) is 1. The van der Waals surface area contributed by atoms with Gasteiger partial charge in [-0.3, -0.25) is 0 Å². The summed E-state index contributed by atoms with van der Waals surface area (Å²) >= 11 is 5.79. The van der Waals surface area contributed by atoms with Gasteiger partial charge in [-0.15, -0.1) is 5.10 Å². The van der Waals surface area contributed by atoms with E-state index >= 15 is 0 Å². The highest BCUT2D eigenvalue weighted by atomic mass is 35.5. The number of rotatable bonds is 3. The molecule has 0 atom stereocenters. The van der Waals surface area contributed by atoms with Gasteiger partial charge in [0.1, 0.15) is 11.5 Å². The molecule has 3 rings (SSSR count). The highest BCUT2D eigenvalue weighted by molar-refractivity contribution is 6.29. The number of hydrogen-bond donors (Lipinski definition) is 1. The number of nitrogen functional groups attached to an aromatic ring is 1. The maximum Gasteiger partial charge on any atom is 0.342 e. The van der Waals surface area contributed by atoms with Gasteiger partial charge in [-0.25, -0.2) is 4.68 Å². The van der Waals surface area contributed by atoms with Crippen LogP contribution in [-0.4, -0.2) is 19.7 Å². The molecule has 0 saturated heterocycles. The lowest BCUT2D eigenvalue weighted by molar-refractivity contribution is 0.427. The highest BCUT2D eigenvalue weighted by Gasteiger charge is 2.09. The van der Waals surface area contributed by atoms with Crippen molar-refractivity contribution in [3.05, 3.63) is 53.9 Å². The molecule has 0 bridgehead atoms. The minimum atomic E-state index is 0.148. The van der Waals surface area contributed by atoms with Gasteiger partial charge in [0.05, 0.1) is 11.4 Å². The van der Waals surface area contributed by atoms with Crippen molar-refractivity contribution in [2.45, 2.75) is 0 Å². The zero-order valence-corrected chi connectivity index (χ0v) is 11.0. The number of halogens is 1. The lowest BCUT2D eigenvalue weighted by atomic mass is 10.3. The molecule has 0 spiro atoms. The van der Waals surface area contributed by atoms with E-state index in [-0.39, 0.29) is 17.0 Å². The predicted octanol–water partition coefficient (Wildman–Crippen LogP) is 2.69. The summed E-state index contributed by atoms with van der Waals surface area (Å²) in [5.74, 6) is 0.184. The minimum Gasteiger partial charge on any atom is -0.402 e. The molecule has 0 aliphatic carbocycles. The van der Waals surface area contributed by atoms with Crippen LogP contribution in [-0.2, 0) is 0 Å². The lowest BCUT2D eigenvalue weighted by Gasteiger charge is -2.03. The molecule has 2 heterocycles. The summed E-state index contributed by atoms with van der Waals surface area (Å²) in [7, 11) is 0. The van der Waals surface area contributed by atoms with Crippen molar-refractivity contribution in [3.63, 3.8) is 0 Å². The summed E-state index contributed by atoms with van der Waals surface area (Å²) < 4.78 is 7.02. The number of anilines is 1. The van der Waals surface area contributed by atoms with Gasteiger partial charge in [-0.1, -0.05) is 29.8 Å². The third-order valence-electron chi connectivity index (χ3n) is 2.54. The predicted molar refractivity (Wildman–Crippen MR) is 75.1 cm³/mol. The quantitative estimate of drug-likeness (QED) is 0.749. The average molecular weight is 288 g/mol. The van der Waals surface area contributed by atoms with Gasteiger partial charge in [-0.2, -0.15) is 9.97 Å². The van der Waals surface area contributed by atoms with Gasteiger partial charge in [-0.05, 0) is 24.3 Å². The smallest absolute Gasteiger partial charge is 0.342 e. The molecule has 20 heavy (non-hydrogen) atoms. The Balaban J connectivity index is 1.86. The van der Waals surface area contributed by atoms with Gasteiger partial charge >= 0.3 is 6.01 Å². The first-order chi connectivity index (χ1) is 9.72. The zero-order chi connectivity index (χ0) is 13.9. The topological polar surface area (TPSA) is 78.9 Å². The average Bonchev–Trinajstić information content (AvgIpc) is 2.92. The van der Waals surface area contributed by atoms with Gasteiger partial charge in [0.25, 0.3) is 0 Å². The molecular weight excluding hydrogens is 278 g/mol. The van der Waals surface area contributed by atoms with Crippen LogP contribution in [0.3, 0.4) is 0 Å². The summed E-state index contributed by atoms with van der Waals surface area (Å²) in [5.41, 5.74) is 6.99. The first kappa shape index (κ1) is 12.4. The Kier molecular flexibility index (Phi) is 3.22. The molecule has 2 aromatic heterocycles. The molecule has 100 valence electrons. The van der Waals surface area contributed by atoms with Crippen LogP contribution in [0.4, 0.5) is 5.69 Å².